The predicted molar refractivity (Wildman–Crippen MR) is 116 cm³/mol. The Kier molecular flexibility index (Phi) is 5.48. The number of nitrogens with zero attached hydrogens (tertiary/aromatic N) is 4. The lowest BCUT2D eigenvalue weighted by atomic mass is 9.70. The second-order valence-electron chi connectivity index (χ2n) is 9.14. The minimum atomic E-state index is -0.428. The molecule has 6 heteroatoms. The Morgan fingerprint density at radius 3 is 2.53 bits per heavy atom. The van der Waals surface area contributed by atoms with Crippen LogP contribution in [0.2, 0.25) is 0 Å². The average molecular weight is 405 g/mol. The van der Waals surface area contributed by atoms with Gasteiger partial charge in [-0.1, -0.05) is 44.2 Å². The summed E-state index contributed by atoms with van der Waals surface area (Å²) in [6.07, 6.45) is 2.89. The van der Waals surface area contributed by atoms with Gasteiger partial charge in [0, 0.05) is 44.6 Å². The van der Waals surface area contributed by atoms with Gasteiger partial charge >= 0.3 is 0 Å². The van der Waals surface area contributed by atoms with Crippen LogP contribution in [0.25, 0.3) is 0 Å². The van der Waals surface area contributed by atoms with Crippen LogP contribution in [-0.4, -0.2) is 55.1 Å². The number of rotatable bonds is 3. The average Bonchev–Trinajstić information content (AvgIpc) is 2.72. The van der Waals surface area contributed by atoms with Gasteiger partial charge in [-0.25, -0.2) is 4.99 Å². The van der Waals surface area contributed by atoms with E-state index in [-0.39, 0.29) is 11.2 Å². The van der Waals surface area contributed by atoms with Crippen molar-refractivity contribution >= 4 is 12.1 Å². The fourth-order valence-electron chi connectivity index (χ4n) is 4.39. The summed E-state index contributed by atoms with van der Waals surface area (Å²) in [5, 5.41) is 10.0. The lowest BCUT2D eigenvalue weighted by Gasteiger charge is -2.37. The van der Waals surface area contributed by atoms with Crippen LogP contribution in [0.15, 0.2) is 58.1 Å². The summed E-state index contributed by atoms with van der Waals surface area (Å²) >= 11 is 0. The van der Waals surface area contributed by atoms with Gasteiger partial charge in [-0.05, 0) is 18.0 Å². The molecule has 0 aromatic heterocycles. The summed E-state index contributed by atoms with van der Waals surface area (Å²) in [6.45, 7) is 7.87. The SMILES string of the molecule is CN1CCN(C=NC2=C(C#N)[C@@H](c3ccccc3)C3=C(CC(C)(C)CC3=O)O2)CC1. The third-order valence-electron chi connectivity index (χ3n) is 6.04. The molecule has 0 saturated carbocycles. The molecule has 1 aliphatic carbocycles. The smallest absolute Gasteiger partial charge is 0.235 e. The molecule has 1 atom stereocenters. The summed E-state index contributed by atoms with van der Waals surface area (Å²) in [7, 11) is 2.11. The van der Waals surface area contributed by atoms with Crippen molar-refractivity contribution in [3.63, 3.8) is 0 Å². The van der Waals surface area contributed by atoms with Crippen molar-refractivity contribution in [3.05, 3.63) is 58.7 Å². The molecule has 156 valence electrons. The highest BCUT2D eigenvalue weighted by atomic mass is 16.5. The zero-order valence-corrected chi connectivity index (χ0v) is 17.9. The second kappa shape index (κ2) is 8.08. The molecular formula is C24H28N4O2. The lowest BCUT2D eigenvalue weighted by Crippen LogP contribution is -2.43. The molecule has 1 aromatic rings. The Morgan fingerprint density at radius 1 is 1.17 bits per heavy atom. The highest BCUT2D eigenvalue weighted by Crippen LogP contribution is 2.48. The van der Waals surface area contributed by atoms with Crippen LogP contribution in [0.4, 0.5) is 0 Å². The number of piperazine rings is 1. The number of carbonyl (C=O) groups is 1. The molecule has 1 fully saturated rings. The van der Waals surface area contributed by atoms with Crippen LogP contribution in [0, 0.1) is 16.7 Å². The number of ether oxygens (including phenoxy) is 1. The maximum absolute atomic E-state index is 13.1. The molecule has 0 bridgehead atoms. The topological polar surface area (TPSA) is 68.9 Å². The molecule has 0 radical (unpaired) electrons. The van der Waals surface area contributed by atoms with Crippen molar-refractivity contribution in [1.29, 1.82) is 5.26 Å². The first-order chi connectivity index (χ1) is 14.4. The molecule has 2 heterocycles. The van der Waals surface area contributed by atoms with Crippen molar-refractivity contribution < 1.29 is 9.53 Å². The molecule has 1 saturated heterocycles. The molecule has 0 spiro atoms. The Bertz CT molecular complexity index is 961. The predicted octanol–water partition coefficient (Wildman–Crippen LogP) is 3.45. The van der Waals surface area contributed by atoms with E-state index in [4.69, 9.17) is 4.74 Å². The molecule has 4 rings (SSSR count). The van der Waals surface area contributed by atoms with Gasteiger partial charge in [-0.2, -0.15) is 5.26 Å². The van der Waals surface area contributed by atoms with E-state index in [1.807, 2.05) is 30.3 Å². The zero-order chi connectivity index (χ0) is 21.3. The molecule has 6 nitrogen and oxygen atoms in total. The molecule has 0 amide bonds. The van der Waals surface area contributed by atoms with Crippen molar-refractivity contribution in [2.24, 2.45) is 10.4 Å². The summed E-state index contributed by atoms with van der Waals surface area (Å²) in [5.41, 5.74) is 1.77. The number of hydrogen-bond donors (Lipinski definition) is 0. The number of benzene rings is 1. The molecule has 2 aliphatic heterocycles. The van der Waals surface area contributed by atoms with Gasteiger partial charge in [0.2, 0.25) is 5.88 Å². The van der Waals surface area contributed by atoms with Crippen LogP contribution in [0.5, 0.6) is 0 Å². The van der Waals surface area contributed by atoms with E-state index in [1.54, 1.807) is 6.34 Å². The van der Waals surface area contributed by atoms with Crippen LogP contribution in [-0.2, 0) is 9.53 Å². The van der Waals surface area contributed by atoms with Crippen LogP contribution < -0.4 is 0 Å². The first kappa shape index (κ1) is 20.4. The highest BCUT2D eigenvalue weighted by molar-refractivity contribution is 6.00. The van der Waals surface area contributed by atoms with Gasteiger partial charge in [0.1, 0.15) is 17.4 Å². The zero-order valence-electron chi connectivity index (χ0n) is 17.9. The Labute approximate surface area is 178 Å². The minimum absolute atomic E-state index is 0.0601. The number of carbonyl (C=O) groups excluding carboxylic acids is 1. The number of aliphatic imine (C=N–C) groups is 1. The standard InChI is InChI=1S/C24H28N4O2/c1-24(2)13-19(29)22-20(14-24)30-23(26-16-28-11-9-27(3)10-12-28)18(15-25)21(22)17-7-5-4-6-8-17/h4-8,16,21H,9-14H2,1-3H3/t21-/m1/s1. The maximum Gasteiger partial charge on any atom is 0.235 e. The summed E-state index contributed by atoms with van der Waals surface area (Å²) < 4.78 is 6.14. The number of hydrogen-bond acceptors (Lipinski definition) is 5. The number of allylic oxidation sites excluding steroid dienone is 3. The number of likely N-dealkylation sites (N-methyl/N-ethyl adjacent to an activating group) is 1. The fraction of sp³-hybridized carbons (Fsp3) is 0.458. The molecule has 0 N–H and O–H groups in total. The molecular weight excluding hydrogens is 376 g/mol. The first-order valence-electron chi connectivity index (χ1n) is 10.5. The van der Waals surface area contributed by atoms with Crippen molar-refractivity contribution in [2.75, 3.05) is 33.2 Å². The van der Waals surface area contributed by atoms with Gasteiger partial charge in [-0.3, -0.25) is 4.79 Å². The van der Waals surface area contributed by atoms with E-state index < -0.39 is 5.92 Å². The number of ketones is 1. The lowest BCUT2D eigenvalue weighted by molar-refractivity contribution is -0.119. The molecule has 0 unspecified atom stereocenters. The Morgan fingerprint density at radius 2 is 1.87 bits per heavy atom. The normalized spacial score (nSPS) is 24.7. The Balaban J connectivity index is 1.74. The van der Waals surface area contributed by atoms with E-state index in [1.165, 1.54) is 0 Å². The van der Waals surface area contributed by atoms with Crippen LogP contribution in [0.1, 0.15) is 38.2 Å². The van der Waals surface area contributed by atoms with E-state index in [0.29, 0.717) is 35.6 Å². The maximum atomic E-state index is 13.1. The van der Waals surface area contributed by atoms with Gasteiger partial charge < -0.3 is 14.5 Å². The van der Waals surface area contributed by atoms with E-state index in [2.05, 4.69) is 41.8 Å². The van der Waals surface area contributed by atoms with E-state index >= 15 is 0 Å². The summed E-state index contributed by atoms with van der Waals surface area (Å²) in [4.78, 5) is 22.1. The van der Waals surface area contributed by atoms with Crippen molar-refractivity contribution in [1.82, 2.24) is 9.80 Å². The highest BCUT2D eigenvalue weighted by Gasteiger charge is 2.43. The van der Waals surface area contributed by atoms with E-state index in [9.17, 15) is 10.1 Å². The Hall–Kier alpha value is -2.91. The second-order valence-corrected chi connectivity index (χ2v) is 9.14. The minimum Gasteiger partial charge on any atom is -0.442 e. The van der Waals surface area contributed by atoms with E-state index in [0.717, 1.165) is 31.7 Å². The summed E-state index contributed by atoms with van der Waals surface area (Å²) in [5.74, 6) is 0.609. The van der Waals surface area contributed by atoms with Gasteiger partial charge in [0.05, 0.1) is 12.3 Å². The largest absolute Gasteiger partial charge is 0.442 e. The molecule has 3 aliphatic rings. The van der Waals surface area contributed by atoms with Crippen LogP contribution >= 0.6 is 0 Å². The third-order valence-corrected chi connectivity index (χ3v) is 6.04. The molecule has 30 heavy (non-hydrogen) atoms. The quantitative estimate of drug-likeness (QED) is 0.570. The van der Waals surface area contributed by atoms with Crippen molar-refractivity contribution in [3.8, 4) is 6.07 Å². The first-order valence-corrected chi connectivity index (χ1v) is 10.5. The fourth-order valence-corrected chi connectivity index (χ4v) is 4.39. The monoisotopic (exact) mass is 404 g/mol. The third kappa shape index (κ3) is 4.03. The summed E-state index contributed by atoms with van der Waals surface area (Å²) in [6, 6.07) is 12.0. The van der Waals surface area contributed by atoms with Gasteiger partial charge in [0.25, 0.3) is 0 Å². The van der Waals surface area contributed by atoms with Gasteiger partial charge in [-0.15, -0.1) is 0 Å². The number of Topliss-reactive ketones (excluding diaryl/α,β-unsaturated/α-hetero) is 1. The van der Waals surface area contributed by atoms with Crippen molar-refractivity contribution in [2.45, 2.75) is 32.6 Å². The molecule has 1 aromatic carbocycles. The number of nitriles is 1. The van der Waals surface area contributed by atoms with Gasteiger partial charge in [0.15, 0.2) is 5.78 Å². The van der Waals surface area contributed by atoms with Crippen LogP contribution in [0.3, 0.4) is 0 Å².